The molecule has 0 spiro atoms. The zero-order valence-electron chi connectivity index (χ0n) is 17.5. The molecule has 6 nitrogen and oxygen atoms in total. The van der Waals surface area contributed by atoms with E-state index in [0.717, 1.165) is 55.6 Å². The van der Waals surface area contributed by atoms with Crippen LogP contribution < -0.4 is 15.4 Å². The van der Waals surface area contributed by atoms with Crippen molar-refractivity contribution in [3.63, 3.8) is 0 Å². The number of aromatic nitrogens is 2. The van der Waals surface area contributed by atoms with Crippen LogP contribution in [0.3, 0.4) is 0 Å². The summed E-state index contributed by atoms with van der Waals surface area (Å²) in [4.78, 5) is 8.97. The first-order chi connectivity index (χ1) is 13.1. The Morgan fingerprint density at radius 2 is 2.00 bits per heavy atom. The molecule has 0 atom stereocenters. The highest BCUT2D eigenvalue weighted by atomic mass is 127. The molecule has 2 rings (SSSR count). The second kappa shape index (κ2) is 13.4. The van der Waals surface area contributed by atoms with Gasteiger partial charge in [0.2, 0.25) is 0 Å². The highest BCUT2D eigenvalue weighted by Crippen LogP contribution is 2.21. The lowest BCUT2D eigenvalue weighted by Gasteiger charge is -2.13. The summed E-state index contributed by atoms with van der Waals surface area (Å²) in [7, 11) is 0. The molecule has 156 valence electrons. The fourth-order valence-electron chi connectivity index (χ4n) is 2.84. The van der Waals surface area contributed by atoms with Crippen LogP contribution in [0, 0.1) is 13.8 Å². The molecule has 7 heteroatoms. The molecule has 0 bridgehead atoms. The predicted molar refractivity (Wildman–Crippen MR) is 127 cm³/mol. The van der Waals surface area contributed by atoms with E-state index in [4.69, 9.17) is 9.73 Å². The lowest BCUT2D eigenvalue weighted by atomic mass is 10.1. The monoisotopic (exact) mass is 499 g/mol. The quantitative estimate of drug-likeness (QED) is 0.224. The SMILES string of the molecule is CCNC(=NCc1ccc(C)cc1OCC)NCCCCn1ccnc1C.I. The molecule has 0 radical (unpaired) electrons. The maximum absolute atomic E-state index is 5.75. The highest BCUT2D eigenvalue weighted by Gasteiger charge is 2.04. The molecule has 2 aromatic rings. The van der Waals surface area contributed by atoms with Gasteiger partial charge in [-0.2, -0.15) is 0 Å². The van der Waals surface area contributed by atoms with Gasteiger partial charge in [0.1, 0.15) is 11.6 Å². The summed E-state index contributed by atoms with van der Waals surface area (Å²) in [5.74, 6) is 2.84. The van der Waals surface area contributed by atoms with Gasteiger partial charge in [-0.25, -0.2) is 9.98 Å². The van der Waals surface area contributed by atoms with E-state index in [9.17, 15) is 0 Å². The van der Waals surface area contributed by atoms with Gasteiger partial charge in [-0.1, -0.05) is 12.1 Å². The Morgan fingerprint density at radius 1 is 1.18 bits per heavy atom. The number of ether oxygens (including phenoxy) is 1. The Kier molecular flexibility index (Phi) is 11.6. The van der Waals surface area contributed by atoms with Crippen molar-refractivity contribution in [2.75, 3.05) is 19.7 Å². The number of guanidine groups is 1. The first-order valence-corrected chi connectivity index (χ1v) is 9.86. The van der Waals surface area contributed by atoms with Gasteiger partial charge in [0.15, 0.2) is 5.96 Å². The number of imidazole rings is 1. The largest absolute Gasteiger partial charge is 0.494 e. The summed E-state index contributed by atoms with van der Waals surface area (Å²) >= 11 is 0. The second-order valence-electron chi connectivity index (χ2n) is 6.54. The number of halogens is 1. The minimum Gasteiger partial charge on any atom is -0.494 e. The van der Waals surface area contributed by atoms with E-state index in [-0.39, 0.29) is 24.0 Å². The summed E-state index contributed by atoms with van der Waals surface area (Å²) in [5.41, 5.74) is 2.31. The number of rotatable bonds is 10. The molecule has 1 aromatic heterocycles. The van der Waals surface area contributed by atoms with Crippen molar-refractivity contribution in [1.29, 1.82) is 0 Å². The molecular formula is C21H34IN5O. The first-order valence-electron chi connectivity index (χ1n) is 9.86. The van der Waals surface area contributed by atoms with Crippen molar-refractivity contribution in [1.82, 2.24) is 20.2 Å². The highest BCUT2D eigenvalue weighted by molar-refractivity contribution is 14.0. The number of nitrogens with zero attached hydrogens (tertiary/aromatic N) is 3. The predicted octanol–water partition coefficient (Wildman–Crippen LogP) is 4.05. The molecule has 0 aliphatic rings. The van der Waals surface area contributed by atoms with Crippen molar-refractivity contribution in [2.24, 2.45) is 4.99 Å². The van der Waals surface area contributed by atoms with Gasteiger partial charge in [-0.05, 0) is 52.2 Å². The molecule has 1 aromatic carbocycles. The minimum absolute atomic E-state index is 0. The van der Waals surface area contributed by atoms with Crippen LogP contribution in [0.25, 0.3) is 0 Å². The van der Waals surface area contributed by atoms with Gasteiger partial charge in [-0.3, -0.25) is 0 Å². The summed E-state index contributed by atoms with van der Waals surface area (Å²) < 4.78 is 7.94. The Labute approximate surface area is 186 Å². The van der Waals surface area contributed by atoms with E-state index < -0.39 is 0 Å². The van der Waals surface area contributed by atoms with Crippen LogP contribution in [0.5, 0.6) is 5.75 Å². The fourth-order valence-corrected chi connectivity index (χ4v) is 2.84. The van der Waals surface area contributed by atoms with Crippen molar-refractivity contribution in [2.45, 2.75) is 53.6 Å². The molecule has 0 saturated carbocycles. The standard InChI is InChI=1S/C21H33N5O.HI/c1-5-22-21(24-11-7-8-13-26-14-12-23-18(26)4)25-16-19-10-9-17(3)15-20(19)27-6-2;/h9-10,12,14-15H,5-8,11,13,16H2,1-4H3,(H2,22,24,25);1H. The third kappa shape index (κ3) is 8.08. The van der Waals surface area contributed by atoms with Gasteiger partial charge >= 0.3 is 0 Å². The van der Waals surface area contributed by atoms with E-state index in [1.165, 1.54) is 5.56 Å². The number of nitrogens with one attached hydrogen (secondary N) is 2. The molecule has 0 fully saturated rings. The van der Waals surface area contributed by atoms with E-state index in [1.54, 1.807) is 0 Å². The van der Waals surface area contributed by atoms with Gasteiger partial charge in [-0.15, -0.1) is 24.0 Å². The number of hydrogen-bond acceptors (Lipinski definition) is 3. The molecule has 1 heterocycles. The fraction of sp³-hybridized carbons (Fsp3) is 0.524. The lowest BCUT2D eigenvalue weighted by molar-refractivity contribution is 0.336. The molecule has 0 saturated heterocycles. The number of aliphatic imine (C=N–C) groups is 1. The third-order valence-electron chi connectivity index (χ3n) is 4.32. The van der Waals surface area contributed by atoms with Gasteiger partial charge in [0.05, 0.1) is 13.2 Å². The number of hydrogen-bond donors (Lipinski definition) is 2. The molecule has 0 aliphatic heterocycles. The van der Waals surface area contributed by atoms with Crippen LogP contribution in [0.15, 0.2) is 35.6 Å². The lowest BCUT2D eigenvalue weighted by Crippen LogP contribution is -2.37. The van der Waals surface area contributed by atoms with E-state index in [0.29, 0.717) is 13.2 Å². The average molecular weight is 499 g/mol. The van der Waals surface area contributed by atoms with Gasteiger partial charge in [0, 0.05) is 37.6 Å². The number of benzene rings is 1. The first kappa shape index (κ1) is 24.3. The van der Waals surface area contributed by atoms with E-state index in [2.05, 4.69) is 52.2 Å². The Morgan fingerprint density at radius 3 is 2.68 bits per heavy atom. The molecule has 28 heavy (non-hydrogen) atoms. The van der Waals surface area contributed by atoms with Crippen molar-refractivity contribution in [3.05, 3.63) is 47.5 Å². The van der Waals surface area contributed by atoms with Crippen LogP contribution in [-0.2, 0) is 13.1 Å². The van der Waals surface area contributed by atoms with E-state index in [1.807, 2.05) is 26.2 Å². The number of unbranched alkanes of at least 4 members (excludes halogenated alkanes) is 1. The van der Waals surface area contributed by atoms with Crippen molar-refractivity contribution < 1.29 is 4.74 Å². The Balaban J connectivity index is 0.00000392. The summed E-state index contributed by atoms with van der Waals surface area (Å²) in [6.45, 7) is 12.2. The van der Waals surface area contributed by atoms with Crippen LogP contribution in [0.1, 0.15) is 43.6 Å². The molecular weight excluding hydrogens is 465 g/mol. The average Bonchev–Trinajstić information content (AvgIpc) is 3.05. The van der Waals surface area contributed by atoms with Crippen LogP contribution in [-0.4, -0.2) is 35.2 Å². The Bertz CT molecular complexity index is 729. The van der Waals surface area contributed by atoms with Crippen LogP contribution in [0.2, 0.25) is 0 Å². The third-order valence-corrected chi connectivity index (χ3v) is 4.32. The minimum atomic E-state index is 0. The van der Waals surface area contributed by atoms with Crippen molar-refractivity contribution >= 4 is 29.9 Å². The van der Waals surface area contributed by atoms with E-state index >= 15 is 0 Å². The zero-order valence-corrected chi connectivity index (χ0v) is 19.8. The zero-order chi connectivity index (χ0) is 19.5. The summed E-state index contributed by atoms with van der Waals surface area (Å²) in [6, 6.07) is 6.28. The molecule has 0 amide bonds. The molecule has 2 N–H and O–H groups in total. The molecule has 0 aliphatic carbocycles. The van der Waals surface area contributed by atoms with Gasteiger partial charge < -0.3 is 19.9 Å². The smallest absolute Gasteiger partial charge is 0.191 e. The molecule has 0 unspecified atom stereocenters. The summed E-state index contributed by atoms with van der Waals surface area (Å²) in [5, 5.41) is 6.73. The Hall–Kier alpha value is -1.77. The van der Waals surface area contributed by atoms with Crippen LogP contribution in [0.4, 0.5) is 0 Å². The maximum Gasteiger partial charge on any atom is 0.191 e. The second-order valence-corrected chi connectivity index (χ2v) is 6.54. The normalized spacial score (nSPS) is 11.1. The summed E-state index contributed by atoms with van der Waals surface area (Å²) in [6.07, 6.45) is 6.07. The number of aryl methyl sites for hydroxylation is 3. The maximum atomic E-state index is 5.75. The van der Waals surface area contributed by atoms with Crippen molar-refractivity contribution in [3.8, 4) is 5.75 Å². The topological polar surface area (TPSA) is 63.5 Å². The van der Waals surface area contributed by atoms with Gasteiger partial charge in [0.25, 0.3) is 0 Å². The van der Waals surface area contributed by atoms with Crippen LogP contribution >= 0.6 is 24.0 Å².